The number of nitrogens with zero attached hydrogens (tertiary/aromatic N) is 2. The maximum absolute atomic E-state index is 12.6. The number of hydrogen-bond donors (Lipinski definition) is 0. The third-order valence-corrected chi connectivity index (χ3v) is 6.01. The van der Waals surface area contributed by atoms with Crippen molar-refractivity contribution in [2.45, 2.75) is 19.3 Å². The number of amides is 1. The summed E-state index contributed by atoms with van der Waals surface area (Å²) in [5.74, 6) is 1.07. The van der Waals surface area contributed by atoms with E-state index in [0.717, 1.165) is 29.2 Å². The van der Waals surface area contributed by atoms with Crippen molar-refractivity contribution in [2.75, 3.05) is 20.2 Å². The highest BCUT2D eigenvalue weighted by Crippen LogP contribution is 2.25. The van der Waals surface area contributed by atoms with E-state index in [-0.39, 0.29) is 5.91 Å². The normalized spacial score (nSPS) is 14.3. The standard InChI is InChI=1S/C22H22N2O2S/c1-26-18-8-6-16(7-9-18)17-12-14-24(15-13-17)22(25)11-10-21-23-19-4-2-3-5-20(19)27-21/h2-9,12H,10-11,13-15H2,1H3. The molecule has 0 N–H and O–H groups in total. The van der Waals surface area contributed by atoms with Gasteiger partial charge in [-0.15, -0.1) is 11.3 Å². The van der Waals surface area contributed by atoms with Crippen molar-refractivity contribution in [1.82, 2.24) is 9.88 Å². The number of methoxy groups -OCH3 is 1. The van der Waals surface area contributed by atoms with Crippen LogP contribution in [0.5, 0.6) is 5.75 Å². The maximum Gasteiger partial charge on any atom is 0.223 e. The molecule has 3 aromatic rings. The lowest BCUT2D eigenvalue weighted by atomic mass is 9.99. The first-order chi connectivity index (χ1) is 13.2. The average molecular weight is 378 g/mol. The lowest BCUT2D eigenvalue weighted by Gasteiger charge is -2.26. The van der Waals surface area contributed by atoms with Gasteiger partial charge in [-0.25, -0.2) is 4.98 Å². The molecule has 4 rings (SSSR count). The van der Waals surface area contributed by atoms with Crippen molar-refractivity contribution in [3.05, 3.63) is 65.2 Å². The van der Waals surface area contributed by atoms with Crippen molar-refractivity contribution in [2.24, 2.45) is 0 Å². The number of carbonyl (C=O) groups excluding carboxylic acids is 1. The molecule has 4 nitrogen and oxygen atoms in total. The van der Waals surface area contributed by atoms with Crippen LogP contribution >= 0.6 is 11.3 Å². The Bertz CT molecular complexity index is 942. The number of carbonyl (C=O) groups is 1. The number of benzene rings is 2. The van der Waals surface area contributed by atoms with Crippen LogP contribution in [0.3, 0.4) is 0 Å². The SMILES string of the molecule is COc1ccc(C2=CCN(C(=O)CCc3nc4ccccc4s3)CC2)cc1. The van der Waals surface area contributed by atoms with Crippen LogP contribution in [0, 0.1) is 0 Å². The van der Waals surface area contributed by atoms with Crippen LogP contribution in [0.15, 0.2) is 54.6 Å². The minimum atomic E-state index is 0.208. The summed E-state index contributed by atoms with van der Waals surface area (Å²) in [5.41, 5.74) is 3.53. The van der Waals surface area contributed by atoms with E-state index in [4.69, 9.17) is 4.74 Å². The Morgan fingerprint density at radius 3 is 2.70 bits per heavy atom. The van der Waals surface area contributed by atoms with Crippen molar-refractivity contribution in [1.29, 1.82) is 0 Å². The van der Waals surface area contributed by atoms with E-state index in [1.165, 1.54) is 15.8 Å². The topological polar surface area (TPSA) is 42.4 Å². The molecule has 2 heterocycles. The van der Waals surface area contributed by atoms with Crippen LogP contribution in [-0.4, -0.2) is 36.0 Å². The third-order valence-electron chi connectivity index (χ3n) is 4.91. The zero-order chi connectivity index (χ0) is 18.6. The van der Waals surface area contributed by atoms with E-state index in [0.29, 0.717) is 19.4 Å². The summed E-state index contributed by atoms with van der Waals surface area (Å²) in [6, 6.07) is 16.2. The van der Waals surface area contributed by atoms with Crippen molar-refractivity contribution in [3.63, 3.8) is 0 Å². The van der Waals surface area contributed by atoms with Crippen molar-refractivity contribution in [3.8, 4) is 5.75 Å². The fraction of sp³-hybridized carbons (Fsp3) is 0.273. The molecular weight excluding hydrogens is 356 g/mol. The maximum atomic E-state index is 12.6. The van der Waals surface area contributed by atoms with Gasteiger partial charge in [0.2, 0.25) is 5.91 Å². The van der Waals surface area contributed by atoms with E-state index < -0.39 is 0 Å². The molecule has 0 aliphatic carbocycles. The number of thiazole rings is 1. The smallest absolute Gasteiger partial charge is 0.223 e. The molecular formula is C22H22N2O2S. The molecule has 0 unspecified atom stereocenters. The van der Waals surface area contributed by atoms with E-state index in [1.54, 1.807) is 18.4 Å². The molecule has 0 fully saturated rings. The van der Waals surface area contributed by atoms with Gasteiger partial charge in [-0.2, -0.15) is 0 Å². The molecule has 1 amide bonds. The second-order valence-electron chi connectivity index (χ2n) is 6.62. The highest BCUT2D eigenvalue weighted by molar-refractivity contribution is 7.18. The first-order valence-corrected chi connectivity index (χ1v) is 10.0. The van der Waals surface area contributed by atoms with E-state index >= 15 is 0 Å². The fourth-order valence-electron chi connectivity index (χ4n) is 3.36. The molecule has 0 bridgehead atoms. The van der Waals surface area contributed by atoms with Gasteiger partial charge in [0.1, 0.15) is 5.75 Å². The second-order valence-corrected chi connectivity index (χ2v) is 7.74. The molecule has 2 aromatic carbocycles. The predicted molar refractivity (Wildman–Crippen MR) is 110 cm³/mol. The molecule has 0 saturated carbocycles. The molecule has 1 aliphatic rings. The number of aryl methyl sites for hydroxylation is 1. The van der Waals surface area contributed by atoms with E-state index in [9.17, 15) is 4.79 Å². The van der Waals surface area contributed by atoms with Gasteiger partial charge in [-0.05, 0) is 41.8 Å². The van der Waals surface area contributed by atoms with Gasteiger partial charge in [0, 0.05) is 25.9 Å². The lowest BCUT2D eigenvalue weighted by molar-refractivity contribution is -0.130. The Morgan fingerprint density at radius 2 is 2.00 bits per heavy atom. The minimum absolute atomic E-state index is 0.208. The third kappa shape index (κ3) is 4.03. The van der Waals surface area contributed by atoms with Crippen molar-refractivity contribution >= 4 is 33.0 Å². The van der Waals surface area contributed by atoms with E-state index in [2.05, 4.69) is 29.3 Å². The Kier molecular flexibility index (Phi) is 5.21. The van der Waals surface area contributed by atoms with Crippen LogP contribution in [0.25, 0.3) is 15.8 Å². The Hall–Kier alpha value is -2.66. The lowest BCUT2D eigenvalue weighted by Crippen LogP contribution is -2.34. The molecule has 0 spiro atoms. The zero-order valence-electron chi connectivity index (χ0n) is 15.4. The molecule has 138 valence electrons. The highest BCUT2D eigenvalue weighted by atomic mass is 32.1. The minimum Gasteiger partial charge on any atom is -0.497 e. The number of ether oxygens (including phenoxy) is 1. The number of hydrogen-bond acceptors (Lipinski definition) is 4. The molecule has 5 heteroatoms. The summed E-state index contributed by atoms with van der Waals surface area (Å²) >= 11 is 1.68. The number of fused-ring (bicyclic) bond motifs is 1. The number of aromatic nitrogens is 1. The molecule has 1 aromatic heterocycles. The average Bonchev–Trinajstić information content (AvgIpc) is 3.15. The fourth-order valence-corrected chi connectivity index (χ4v) is 4.33. The monoisotopic (exact) mass is 378 g/mol. The quantitative estimate of drug-likeness (QED) is 0.654. The Labute approximate surface area is 163 Å². The van der Waals surface area contributed by atoms with Crippen LogP contribution < -0.4 is 4.74 Å². The van der Waals surface area contributed by atoms with E-state index in [1.807, 2.05) is 35.2 Å². The summed E-state index contributed by atoms with van der Waals surface area (Å²) < 4.78 is 6.40. The first-order valence-electron chi connectivity index (χ1n) is 9.18. The highest BCUT2D eigenvalue weighted by Gasteiger charge is 2.18. The summed E-state index contributed by atoms with van der Waals surface area (Å²) in [6.07, 6.45) is 4.29. The van der Waals surface area contributed by atoms with Gasteiger partial charge < -0.3 is 9.64 Å². The zero-order valence-corrected chi connectivity index (χ0v) is 16.2. The second kappa shape index (κ2) is 7.92. The summed E-state index contributed by atoms with van der Waals surface area (Å²) in [4.78, 5) is 19.1. The van der Waals surface area contributed by atoms with Gasteiger partial charge >= 0.3 is 0 Å². The molecule has 27 heavy (non-hydrogen) atoms. The number of rotatable bonds is 5. The van der Waals surface area contributed by atoms with Crippen LogP contribution in [0.4, 0.5) is 0 Å². The van der Waals surface area contributed by atoms with Crippen molar-refractivity contribution < 1.29 is 9.53 Å². The van der Waals surface area contributed by atoms with Crippen LogP contribution in [0.2, 0.25) is 0 Å². The van der Waals surface area contributed by atoms with Crippen LogP contribution in [0.1, 0.15) is 23.4 Å². The summed E-state index contributed by atoms with van der Waals surface area (Å²) in [6.45, 7) is 1.45. The van der Waals surface area contributed by atoms with Gasteiger partial charge in [0.15, 0.2) is 0 Å². The molecule has 1 aliphatic heterocycles. The largest absolute Gasteiger partial charge is 0.497 e. The van der Waals surface area contributed by atoms with Crippen LogP contribution in [-0.2, 0) is 11.2 Å². The van der Waals surface area contributed by atoms with Gasteiger partial charge in [-0.1, -0.05) is 30.3 Å². The Balaban J connectivity index is 1.34. The van der Waals surface area contributed by atoms with Gasteiger partial charge in [-0.3, -0.25) is 4.79 Å². The molecule has 0 saturated heterocycles. The Morgan fingerprint density at radius 1 is 1.19 bits per heavy atom. The number of para-hydroxylation sites is 1. The molecule has 0 atom stereocenters. The first kappa shape index (κ1) is 17.7. The summed E-state index contributed by atoms with van der Waals surface area (Å²) in [7, 11) is 1.67. The van der Waals surface area contributed by atoms with Gasteiger partial charge in [0.25, 0.3) is 0 Å². The summed E-state index contributed by atoms with van der Waals surface area (Å²) in [5, 5.41) is 1.04. The molecule has 0 radical (unpaired) electrons. The van der Waals surface area contributed by atoms with Gasteiger partial charge in [0.05, 0.1) is 22.3 Å². The predicted octanol–water partition coefficient (Wildman–Crippen LogP) is 4.55.